The quantitative estimate of drug-likeness (QED) is 0.677. The van der Waals surface area contributed by atoms with Gasteiger partial charge < -0.3 is 4.98 Å². The average molecular weight is 410 g/mol. The predicted octanol–water partition coefficient (Wildman–Crippen LogP) is 4.18. The minimum Gasteiger partial charge on any atom is -0.358 e. The molecular weight excluding hydrogens is 393 g/mol. The minimum absolute atomic E-state index is 0.0355. The lowest BCUT2D eigenvalue weighted by Crippen LogP contribution is -2.32. The average Bonchev–Trinajstić information content (AvgIpc) is 2.97. The molecule has 2 aromatic carbocycles. The van der Waals surface area contributed by atoms with E-state index in [1.807, 2.05) is 13.8 Å². The fraction of sp³-hybridized carbons (Fsp3) is 0.211. The van der Waals surface area contributed by atoms with Gasteiger partial charge in [-0.1, -0.05) is 31.2 Å². The second-order valence-corrected chi connectivity index (χ2v) is 7.89. The van der Waals surface area contributed by atoms with E-state index in [1.165, 1.54) is 6.07 Å². The summed E-state index contributed by atoms with van der Waals surface area (Å²) < 4.78 is 66.2. The molecule has 0 saturated heterocycles. The number of alkyl halides is 3. The molecule has 0 atom stereocenters. The normalized spacial score (nSPS) is 12.3. The van der Waals surface area contributed by atoms with Crippen molar-refractivity contribution in [2.24, 2.45) is 0 Å². The first-order valence-electron chi connectivity index (χ1n) is 8.39. The van der Waals surface area contributed by atoms with Gasteiger partial charge in [-0.05, 0) is 37.1 Å². The Morgan fingerprint density at radius 3 is 2.43 bits per heavy atom. The Labute approximate surface area is 159 Å². The number of nitrogens with one attached hydrogen (secondary N) is 2. The number of sulfonamides is 1. The highest BCUT2D eigenvalue weighted by molar-refractivity contribution is 7.90. The van der Waals surface area contributed by atoms with Gasteiger partial charge in [-0.2, -0.15) is 13.2 Å². The van der Waals surface area contributed by atoms with E-state index in [0.717, 1.165) is 34.8 Å². The fourth-order valence-electron chi connectivity index (χ4n) is 3.12. The number of benzene rings is 2. The first-order chi connectivity index (χ1) is 13.1. The number of fused-ring (bicyclic) bond motifs is 1. The van der Waals surface area contributed by atoms with E-state index in [-0.39, 0.29) is 5.56 Å². The van der Waals surface area contributed by atoms with Crippen LogP contribution in [0.15, 0.2) is 47.4 Å². The molecule has 2 N–H and O–H groups in total. The molecule has 9 heteroatoms. The topological polar surface area (TPSA) is 79.0 Å². The molecule has 1 aromatic heterocycles. The summed E-state index contributed by atoms with van der Waals surface area (Å²) in [5, 5.41) is 0.748. The summed E-state index contributed by atoms with van der Waals surface area (Å²) in [6.07, 6.45) is -4.19. The Balaban J connectivity index is 2.04. The van der Waals surface area contributed by atoms with Crippen molar-refractivity contribution in [1.29, 1.82) is 0 Å². The van der Waals surface area contributed by atoms with Crippen molar-refractivity contribution in [2.75, 3.05) is 0 Å². The van der Waals surface area contributed by atoms with Crippen LogP contribution in [0.5, 0.6) is 0 Å². The third kappa shape index (κ3) is 3.49. The number of amides is 1. The number of carbonyl (C=O) groups excluding carboxylic acids is 1. The number of aryl methyl sites for hydroxylation is 2. The van der Waals surface area contributed by atoms with Gasteiger partial charge in [0.05, 0.1) is 21.5 Å². The van der Waals surface area contributed by atoms with E-state index in [0.29, 0.717) is 18.0 Å². The number of carbonyl (C=O) groups is 1. The van der Waals surface area contributed by atoms with Gasteiger partial charge in [0.25, 0.3) is 15.9 Å². The minimum atomic E-state index is -4.87. The van der Waals surface area contributed by atoms with E-state index in [2.05, 4.69) is 4.98 Å². The van der Waals surface area contributed by atoms with Crippen LogP contribution in [0.3, 0.4) is 0 Å². The molecule has 0 bridgehead atoms. The van der Waals surface area contributed by atoms with E-state index >= 15 is 0 Å². The second-order valence-electron chi connectivity index (χ2n) is 6.24. The lowest BCUT2D eigenvalue weighted by Gasteiger charge is -2.14. The van der Waals surface area contributed by atoms with Crippen LogP contribution in [0.2, 0.25) is 0 Å². The van der Waals surface area contributed by atoms with Crippen LogP contribution in [-0.4, -0.2) is 19.3 Å². The highest BCUT2D eigenvalue weighted by atomic mass is 32.2. The van der Waals surface area contributed by atoms with E-state index in [1.54, 1.807) is 16.9 Å². The standard InChI is InChI=1S/C19H17F3N2O3S/c1-3-15-11(2)12-7-6-8-13(17(12)23-15)18(25)24-28(26,27)16-10-5-4-9-14(16)19(20,21)22/h4-10,23H,3H2,1-2H3,(H,24,25). The molecule has 0 aliphatic carbocycles. The van der Waals surface area contributed by atoms with Crippen LogP contribution in [0.25, 0.3) is 10.9 Å². The molecule has 0 aliphatic rings. The van der Waals surface area contributed by atoms with Crippen molar-refractivity contribution in [1.82, 2.24) is 9.71 Å². The van der Waals surface area contributed by atoms with Crippen LogP contribution >= 0.6 is 0 Å². The SMILES string of the molecule is CCc1[nH]c2c(C(=O)NS(=O)(=O)c3ccccc3C(F)(F)F)cccc2c1C. The Morgan fingerprint density at radius 2 is 1.79 bits per heavy atom. The molecule has 1 amide bonds. The van der Waals surface area contributed by atoms with Crippen molar-refractivity contribution in [2.45, 2.75) is 31.3 Å². The van der Waals surface area contributed by atoms with Crippen molar-refractivity contribution < 1.29 is 26.4 Å². The van der Waals surface area contributed by atoms with E-state index < -0.39 is 32.6 Å². The monoisotopic (exact) mass is 410 g/mol. The predicted molar refractivity (Wildman–Crippen MR) is 98.5 cm³/mol. The molecule has 3 rings (SSSR count). The largest absolute Gasteiger partial charge is 0.417 e. The highest BCUT2D eigenvalue weighted by Crippen LogP contribution is 2.34. The number of rotatable bonds is 4. The molecule has 0 aliphatic heterocycles. The summed E-state index contributed by atoms with van der Waals surface area (Å²) in [6, 6.07) is 8.50. The Morgan fingerprint density at radius 1 is 1.11 bits per heavy atom. The van der Waals surface area contributed by atoms with Gasteiger partial charge in [-0.3, -0.25) is 4.79 Å². The molecule has 0 spiro atoms. The number of aromatic nitrogens is 1. The second kappa shape index (κ2) is 6.97. The maximum Gasteiger partial charge on any atom is 0.417 e. The summed E-state index contributed by atoms with van der Waals surface area (Å²) >= 11 is 0. The molecule has 0 fully saturated rings. The van der Waals surface area contributed by atoms with Gasteiger partial charge in [0.1, 0.15) is 0 Å². The maximum atomic E-state index is 13.2. The van der Waals surface area contributed by atoms with Crippen LogP contribution in [0, 0.1) is 6.92 Å². The number of hydrogen-bond acceptors (Lipinski definition) is 3. The van der Waals surface area contributed by atoms with Crippen LogP contribution < -0.4 is 4.72 Å². The zero-order valence-electron chi connectivity index (χ0n) is 15.0. The van der Waals surface area contributed by atoms with E-state index in [9.17, 15) is 26.4 Å². The molecule has 148 valence electrons. The first-order valence-corrected chi connectivity index (χ1v) is 9.88. The molecule has 0 saturated carbocycles. The van der Waals surface area contributed by atoms with Gasteiger partial charge >= 0.3 is 6.18 Å². The van der Waals surface area contributed by atoms with Gasteiger partial charge in [0.15, 0.2) is 0 Å². The van der Waals surface area contributed by atoms with Crippen molar-refractivity contribution in [3.05, 3.63) is 64.8 Å². The number of aromatic amines is 1. The molecular formula is C19H17F3N2O3S. The summed E-state index contributed by atoms with van der Waals surface area (Å²) in [5.41, 5.74) is 0.956. The molecule has 1 heterocycles. The Kier molecular flexibility index (Phi) is 4.97. The smallest absolute Gasteiger partial charge is 0.358 e. The third-order valence-electron chi connectivity index (χ3n) is 4.50. The highest BCUT2D eigenvalue weighted by Gasteiger charge is 2.37. The zero-order valence-corrected chi connectivity index (χ0v) is 15.8. The summed E-state index contributed by atoms with van der Waals surface area (Å²) in [5.74, 6) is -1.01. The molecule has 28 heavy (non-hydrogen) atoms. The van der Waals surface area contributed by atoms with E-state index in [4.69, 9.17) is 0 Å². The first kappa shape index (κ1) is 19.9. The van der Waals surface area contributed by atoms with Gasteiger partial charge in [0, 0.05) is 11.1 Å². The summed E-state index contributed by atoms with van der Waals surface area (Å²) in [4.78, 5) is 14.7. The van der Waals surface area contributed by atoms with Crippen LogP contribution in [0.1, 0.15) is 34.1 Å². The number of hydrogen-bond donors (Lipinski definition) is 2. The summed E-state index contributed by atoms with van der Waals surface area (Å²) in [6.45, 7) is 3.80. The fourth-order valence-corrected chi connectivity index (χ4v) is 4.31. The van der Waals surface area contributed by atoms with Crippen molar-refractivity contribution in [3.63, 3.8) is 0 Å². The van der Waals surface area contributed by atoms with Crippen molar-refractivity contribution in [3.8, 4) is 0 Å². The molecule has 3 aromatic rings. The zero-order chi connectivity index (χ0) is 20.7. The number of H-pyrrole nitrogens is 1. The number of halogens is 3. The van der Waals surface area contributed by atoms with Crippen molar-refractivity contribution >= 4 is 26.8 Å². The summed E-state index contributed by atoms with van der Waals surface area (Å²) in [7, 11) is -4.73. The molecule has 0 unspecified atom stereocenters. The van der Waals surface area contributed by atoms with Gasteiger partial charge in [0.2, 0.25) is 0 Å². The molecule has 5 nitrogen and oxygen atoms in total. The number of para-hydroxylation sites is 1. The Hall–Kier alpha value is -2.81. The Bertz CT molecular complexity index is 1160. The third-order valence-corrected chi connectivity index (χ3v) is 5.89. The lowest BCUT2D eigenvalue weighted by molar-refractivity contribution is -0.139. The van der Waals surface area contributed by atoms with Gasteiger partial charge in [-0.15, -0.1) is 0 Å². The van der Waals surface area contributed by atoms with Gasteiger partial charge in [-0.25, -0.2) is 13.1 Å². The molecule has 0 radical (unpaired) electrons. The van der Waals surface area contributed by atoms with Crippen LogP contribution in [-0.2, 0) is 22.6 Å². The van der Waals surface area contributed by atoms with Crippen LogP contribution in [0.4, 0.5) is 13.2 Å². The lowest BCUT2D eigenvalue weighted by atomic mass is 10.1. The maximum absolute atomic E-state index is 13.2.